The van der Waals surface area contributed by atoms with Crippen LogP contribution in [0.15, 0.2) is 48.5 Å². The molecule has 4 rings (SSSR count). The van der Waals surface area contributed by atoms with Gasteiger partial charge in [-0.3, -0.25) is 4.90 Å². The third-order valence-electron chi connectivity index (χ3n) is 4.88. The van der Waals surface area contributed by atoms with Gasteiger partial charge in [-0.15, -0.1) is 0 Å². The van der Waals surface area contributed by atoms with Gasteiger partial charge < -0.3 is 14.6 Å². The molecule has 0 bridgehead atoms. The Labute approximate surface area is 151 Å². The number of carboxylic acid groups (broad SMARTS) is 1. The van der Waals surface area contributed by atoms with Crippen molar-refractivity contribution in [1.82, 2.24) is 4.90 Å². The average molecular weight is 353 g/mol. The van der Waals surface area contributed by atoms with Crippen LogP contribution in [0.3, 0.4) is 0 Å². The Hall–Kier alpha value is -2.86. The summed E-state index contributed by atoms with van der Waals surface area (Å²) < 4.78 is 10.7. The standard InChI is InChI=1S/C20H19NO5/c22-19(23)18-21(10-5-11-25-18)20(24)26-12-17-15-8-3-1-6-13(15)14-7-2-4-9-16(14)17/h1-4,6-9,17-18H,5,10-12H2,(H,22,23). The lowest BCUT2D eigenvalue weighted by molar-refractivity contribution is -0.168. The molecule has 1 aliphatic heterocycles. The van der Waals surface area contributed by atoms with E-state index in [0.29, 0.717) is 19.6 Å². The molecule has 1 atom stereocenters. The fraction of sp³-hybridized carbons (Fsp3) is 0.300. The minimum absolute atomic E-state index is 0.0552. The van der Waals surface area contributed by atoms with Gasteiger partial charge in [-0.25, -0.2) is 9.59 Å². The Morgan fingerprint density at radius 2 is 1.69 bits per heavy atom. The first-order valence-electron chi connectivity index (χ1n) is 8.63. The zero-order valence-corrected chi connectivity index (χ0v) is 14.1. The second-order valence-electron chi connectivity index (χ2n) is 6.41. The number of hydrogen-bond donors (Lipinski definition) is 1. The first-order chi connectivity index (χ1) is 12.7. The summed E-state index contributed by atoms with van der Waals surface area (Å²) in [6.45, 7) is 0.799. The van der Waals surface area contributed by atoms with Crippen LogP contribution in [0.2, 0.25) is 0 Å². The molecule has 6 heteroatoms. The summed E-state index contributed by atoms with van der Waals surface area (Å²) in [4.78, 5) is 24.9. The summed E-state index contributed by atoms with van der Waals surface area (Å²) in [7, 11) is 0. The van der Waals surface area contributed by atoms with E-state index in [9.17, 15) is 14.7 Å². The van der Waals surface area contributed by atoms with Crippen molar-refractivity contribution in [2.24, 2.45) is 0 Å². The van der Waals surface area contributed by atoms with Gasteiger partial charge in [0.1, 0.15) is 6.61 Å². The number of benzene rings is 2. The molecule has 1 aliphatic carbocycles. The molecular formula is C20H19NO5. The lowest BCUT2D eigenvalue weighted by Crippen LogP contribution is -2.50. The first-order valence-corrected chi connectivity index (χ1v) is 8.63. The quantitative estimate of drug-likeness (QED) is 0.918. The highest BCUT2D eigenvalue weighted by Gasteiger charge is 2.35. The molecule has 0 radical (unpaired) electrons. The van der Waals surface area contributed by atoms with Crippen molar-refractivity contribution in [2.75, 3.05) is 19.8 Å². The van der Waals surface area contributed by atoms with Gasteiger partial charge in [0.25, 0.3) is 0 Å². The predicted molar refractivity (Wildman–Crippen MR) is 93.8 cm³/mol. The third-order valence-corrected chi connectivity index (χ3v) is 4.88. The number of aliphatic carboxylic acids is 1. The van der Waals surface area contributed by atoms with Crippen LogP contribution in [-0.2, 0) is 14.3 Å². The van der Waals surface area contributed by atoms with E-state index in [1.807, 2.05) is 36.4 Å². The molecule has 1 fully saturated rings. The third kappa shape index (κ3) is 2.82. The molecule has 0 saturated carbocycles. The Morgan fingerprint density at radius 3 is 2.31 bits per heavy atom. The summed E-state index contributed by atoms with van der Waals surface area (Å²) >= 11 is 0. The van der Waals surface area contributed by atoms with Crippen LogP contribution in [0.5, 0.6) is 0 Å². The molecule has 1 amide bonds. The number of amides is 1. The zero-order valence-electron chi connectivity index (χ0n) is 14.1. The molecule has 0 spiro atoms. The maximum Gasteiger partial charge on any atom is 0.412 e. The van der Waals surface area contributed by atoms with E-state index in [1.165, 1.54) is 0 Å². The van der Waals surface area contributed by atoms with Crippen molar-refractivity contribution in [3.63, 3.8) is 0 Å². The van der Waals surface area contributed by atoms with Crippen LogP contribution in [0.4, 0.5) is 4.79 Å². The van der Waals surface area contributed by atoms with Crippen LogP contribution >= 0.6 is 0 Å². The van der Waals surface area contributed by atoms with E-state index < -0.39 is 18.3 Å². The average Bonchev–Trinajstić information content (AvgIpc) is 3.00. The van der Waals surface area contributed by atoms with Gasteiger partial charge in [0.05, 0.1) is 6.61 Å². The predicted octanol–water partition coefficient (Wildman–Crippen LogP) is 3.07. The smallest absolute Gasteiger partial charge is 0.412 e. The molecule has 0 aromatic heterocycles. The Kier molecular flexibility index (Phi) is 4.34. The van der Waals surface area contributed by atoms with Gasteiger partial charge in [0.15, 0.2) is 0 Å². The van der Waals surface area contributed by atoms with E-state index in [-0.39, 0.29) is 12.5 Å². The number of carboxylic acids is 1. The van der Waals surface area contributed by atoms with Crippen molar-refractivity contribution in [1.29, 1.82) is 0 Å². The van der Waals surface area contributed by atoms with Crippen molar-refractivity contribution in [3.05, 3.63) is 59.7 Å². The summed E-state index contributed by atoms with van der Waals surface area (Å²) in [5, 5.41) is 9.22. The van der Waals surface area contributed by atoms with Crippen LogP contribution < -0.4 is 0 Å². The van der Waals surface area contributed by atoms with Crippen LogP contribution in [0.25, 0.3) is 11.1 Å². The molecule has 1 saturated heterocycles. The number of nitrogens with zero attached hydrogens (tertiary/aromatic N) is 1. The van der Waals surface area contributed by atoms with Gasteiger partial charge >= 0.3 is 12.1 Å². The maximum atomic E-state index is 12.5. The fourth-order valence-electron chi connectivity index (χ4n) is 3.71. The number of fused-ring (bicyclic) bond motifs is 3. The Morgan fingerprint density at radius 1 is 1.08 bits per heavy atom. The molecule has 1 heterocycles. The monoisotopic (exact) mass is 353 g/mol. The number of carbonyl (C=O) groups excluding carboxylic acids is 1. The number of hydrogen-bond acceptors (Lipinski definition) is 4. The first kappa shape index (κ1) is 16.6. The molecule has 1 unspecified atom stereocenters. The Bertz CT molecular complexity index is 804. The van der Waals surface area contributed by atoms with Gasteiger partial charge in [0, 0.05) is 12.5 Å². The number of ether oxygens (including phenoxy) is 2. The molecule has 26 heavy (non-hydrogen) atoms. The second-order valence-corrected chi connectivity index (χ2v) is 6.41. The maximum absolute atomic E-state index is 12.5. The largest absolute Gasteiger partial charge is 0.478 e. The Balaban J connectivity index is 1.53. The SMILES string of the molecule is O=C(O)C1OCCCN1C(=O)OCC1c2ccccc2-c2ccccc21. The molecule has 1 N–H and O–H groups in total. The highest BCUT2D eigenvalue weighted by molar-refractivity contribution is 5.80. The van der Waals surface area contributed by atoms with E-state index in [2.05, 4.69) is 12.1 Å². The topological polar surface area (TPSA) is 76.1 Å². The lowest BCUT2D eigenvalue weighted by Gasteiger charge is -2.32. The van der Waals surface area contributed by atoms with Crippen molar-refractivity contribution in [3.8, 4) is 11.1 Å². The van der Waals surface area contributed by atoms with Gasteiger partial charge in [-0.1, -0.05) is 48.5 Å². The summed E-state index contributed by atoms with van der Waals surface area (Å²) in [6, 6.07) is 16.1. The number of rotatable bonds is 3. The van der Waals surface area contributed by atoms with E-state index >= 15 is 0 Å². The minimum Gasteiger partial charge on any atom is -0.478 e. The van der Waals surface area contributed by atoms with Crippen LogP contribution in [0, 0.1) is 0 Å². The van der Waals surface area contributed by atoms with E-state index in [1.54, 1.807) is 0 Å². The van der Waals surface area contributed by atoms with Gasteiger partial charge in [-0.05, 0) is 28.7 Å². The molecule has 2 aliphatic rings. The second kappa shape index (κ2) is 6.80. The summed E-state index contributed by atoms with van der Waals surface area (Å²) in [5.41, 5.74) is 4.53. The lowest BCUT2D eigenvalue weighted by atomic mass is 9.98. The highest BCUT2D eigenvalue weighted by Crippen LogP contribution is 2.44. The normalized spacial score (nSPS) is 18.9. The van der Waals surface area contributed by atoms with Gasteiger partial charge in [0.2, 0.25) is 6.23 Å². The van der Waals surface area contributed by atoms with E-state index in [4.69, 9.17) is 9.47 Å². The van der Waals surface area contributed by atoms with Crippen LogP contribution in [-0.4, -0.2) is 48.1 Å². The van der Waals surface area contributed by atoms with Crippen LogP contribution in [0.1, 0.15) is 23.5 Å². The van der Waals surface area contributed by atoms with Gasteiger partial charge in [-0.2, -0.15) is 0 Å². The van der Waals surface area contributed by atoms with Crippen molar-refractivity contribution in [2.45, 2.75) is 18.6 Å². The fourth-order valence-corrected chi connectivity index (χ4v) is 3.71. The zero-order chi connectivity index (χ0) is 18.1. The molecule has 134 valence electrons. The molecular weight excluding hydrogens is 334 g/mol. The molecule has 2 aromatic rings. The summed E-state index contributed by atoms with van der Waals surface area (Å²) in [6.07, 6.45) is -1.34. The van der Waals surface area contributed by atoms with Crippen molar-refractivity contribution < 1.29 is 24.2 Å². The van der Waals surface area contributed by atoms with E-state index in [0.717, 1.165) is 27.2 Å². The summed E-state index contributed by atoms with van der Waals surface area (Å²) in [5.74, 6) is -1.24. The van der Waals surface area contributed by atoms with Crippen molar-refractivity contribution >= 4 is 12.1 Å². The molecule has 2 aromatic carbocycles. The number of carbonyl (C=O) groups is 2. The molecule has 6 nitrogen and oxygen atoms in total. The minimum atomic E-state index is -1.28. The highest BCUT2D eigenvalue weighted by atomic mass is 16.6.